The Balaban J connectivity index is 2.81. The molecule has 0 fully saturated rings. The highest BCUT2D eigenvalue weighted by atomic mass is 19.1. The van der Waals surface area contributed by atoms with Gasteiger partial charge in [0.25, 0.3) is 0 Å². The molecule has 5 heteroatoms. The second-order valence-electron chi connectivity index (χ2n) is 2.36. The lowest BCUT2D eigenvalue weighted by molar-refractivity contribution is 0.193. The molecule has 0 heterocycles. The monoisotopic (exact) mass is 187 g/mol. The molecule has 1 aromatic rings. The lowest BCUT2D eigenvalue weighted by Crippen LogP contribution is -2.21. The number of carboxylic acid groups (broad SMARTS) is 1. The van der Waals surface area contributed by atoms with Crippen LogP contribution in [-0.4, -0.2) is 11.2 Å². The summed E-state index contributed by atoms with van der Waals surface area (Å²) in [5, 5.41) is 10.1. The number of carbonyl (C=O) groups is 1. The highest BCUT2D eigenvalue weighted by Gasteiger charge is 2.08. The van der Waals surface area contributed by atoms with Gasteiger partial charge in [0.2, 0.25) is 0 Å². The summed E-state index contributed by atoms with van der Waals surface area (Å²) in [5.74, 6) is -1.51. The Morgan fingerprint density at radius 3 is 2.38 bits per heavy atom. The Morgan fingerprint density at radius 2 is 1.92 bits per heavy atom. The summed E-state index contributed by atoms with van der Waals surface area (Å²) in [7, 11) is 0. The Hall–Kier alpha value is -1.65. The first-order valence-electron chi connectivity index (χ1n) is 3.51. The smallest absolute Gasteiger partial charge is 0.404 e. The molecule has 1 amide bonds. The minimum absolute atomic E-state index is 0.273. The van der Waals surface area contributed by atoms with Crippen molar-refractivity contribution in [3.63, 3.8) is 0 Å². The Kier molecular flexibility index (Phi) is 2.79. The van der Waals surface area contributed by atoms with E-state index in [2.05, 4.69) is 0 Å². The first-order chi connectivity index (χ1) is 6.11. The van der Waals surface area contributed by atoms with Crippen molar-refractivity contribution in [1.82, 2.24) is 5.32 Å². The van der Waals surface area contributed by atoms with E-state index >= 15 is 0 Å². The predicted octanol–water partition coefficient (Wildman–Crippen LogP) is 1.73. The average Bonchev–Trinajstić information content (AvgIpc) is 2.03. The molecule has 13 heavy (non-hydrogen) atoms. The molecule has 2 N–H and O–H groups in total. The van der Waals surface area contributed by atoms with Crippen molar-refractivity contribution in [2.45, 2.75) is 6.54 Å². The molecule has 0 unspecified atom stereocenters. The second-order valence-corrected chi connectivity index (χ2v) is 2.36. The molecule has 0 aliphatic heterocycles. The van der Waals surface area contributed by atoms with Crippen LogP contribution in [0.2, 0.25) is 0 Å². The maximum atomic E-state index is 12.8. The number of hydrogen-bond donors (Lipinski definition) is 2. The molecule has 0 aliphatic carbocycles. The van der Waals surface area contributed by atoms with Gasteiger partial charge in [0, 0.05) is 5.56 Å². The van der Waals surface area contributed by atoms with Crippen LogP contribution in [-0.2, 0) is 6.54 Å². The number of hydrogen-bond acceptors (Lipinski definition) is 1. The van der Waals surface area contributed by atoms with Crippen molar-refractivity contribution in [2.24, 2.45) is 0 Å². The predicted molar refractivity (Wildman–Crippen MR) is 41.2 cm³/mol. The summed E-state index contributed by atoms with van der Waals surface area (Å²) in [4.78, 5) is 10.0. The maximum Gasteiger partial charge on any atom is 0.404 e. The molecule has 0 atom stereocenters. The minimum atomic E-state index is -1.32. The van der Waals surface area contributed by atoms with Crippen molar-refractivity contribution in [1.29, 1.82) is 0 Å². The van der Waals surface area contributed by atoms with Gasteiger partial charge in [-0.15, -0.1) is 0 Å². The summed E-state index contributed by atoms with van der Waals surface area (Å²) in [6.45, 7) is -0.367. The van der Waals surface area contributed by atoms with Crippen LogP contribution in [0.25, 0.3) is 0 Å². The zero-order valence-electron chi connectivity index (χ0n) is 6.55. The second kappa shape index (κ2) is 3.84. The van der Waals surface area contributed by atoms with Gasteiger partial charge in [0.15, 0.2) is 0 Å². The molecule has 0 saturated carbocycles. The molecule has 1 aromatic carbocycles. The SMILES string of the molecule is O=C(O)NCc1c(F)cccc1F. The third-order valence-corrected chi connectivity index (χ3v) is 1.48. The van der Waals surface area contributed by atoms with Gasteiger partial charge in [-0.05, 0) is 12.1 Å². The van der Waals surface area contributed by atoms with Crippen molar-refractivity contribution in [3.05, 3.63) is 35.4 Å². The van der Waals surface area contributed by atoms with Gasteiger partial charge in [0.05, 0.1) is 6.54 Å². The molecule has 0 aromatic heterocycles. The fourth-order valence-electron chi connectivity index (χ4n) is 0.865. The van der Waals surface area contributed by atoms with Gasteiger partial charge in [0.1, 0.15) is 11.6 Å². The Bertz CT molecular complexity index is 308. The molecule has 1 rings (SSSR count). The minimum Gasteiger partial charge on any atom is -0.465 e. The van der Waals surface area contributed by atoms with Crippen LogP contribution >= 0.6 is 0 Å². The summed E-state index contributed by atoms with van der Waals surface area (Å²) in [6, 6.07) is 3.36. The molecule has 0 bridgehead atoms. The molecule has 70 valence electrons. The van der Waals surface area contributed by atoms with E-state index in [9.17, 15) is 13.6 Å². The van der Waals surface area contributed by atoms with E-state index in [-0.39, 0.29) is 12.1 Å². The summed E-state index contributed by atoms with van der Waals surface area (Å²) in [6.07, 6.45) is -1.32. The first kappa shape index (κ1) is 9.44. The van der Waals surface area contributed by atoms with E-state index in [1.807, 2.05) is 5.32 Å². The van der Waals surface area contributed by atoms with Crippen LogP contribution in [0.15, 0.2) is 18.2 Å². The first-order valence-corrected chi connectivity index (χ1v) is 3.51. The van der Waals surface area contributed by atoms with E-state index in [0.29, 0.717) is 0 Å². The molecular formula is C8H7F2NO2. The Morgan fingerprint density at radius 1 is 1.38 bits per heavy atom. The fourth-order valence-corrected chi connectivity index (χ4v) is 0.865. The van der Waals surface area contributed by atoms with Gasteiger partial charge in [-0.2, -0.15) is 0 Å². The third-order valence-electron chi connectivity index (χ3n) is 1.48. The van der Waals surface area contributed by atoms with Gasteiger partial charge < -0.3 is 10.4 Å². The van der Waals surface area contributed by atoms with E-state index in [1.54, 1.807) is 0 Å². The van der Waals surface area contributed by atoms with Gasteiger partial charge in [-0.25, -0.2) is 13.6 Å². The highest BCUT2D eigenvalue weighted by molar-refractivity contribution is 5.64. The number of benzene rings is 1. The fraction of sp³-hybridized carbons (Fsp3) is 0.125. The quantitative estimate of drug-likeness (QED) is 0.740. The number of amides is 1. The van der Waals surface area contributed by atoms with Gasteiger partial charge >= 0.3 is 6.09 Å². The lowest BCUT2D eigenvalue weighted by Gasteiger charge is -2.03. The largest absolute Gasteiger partial charge is 0.465 e. The molecule has 0 spiro atoms. The van der Waals surface area contributed by atoms with Crippen molar-refractivity contribution in [2.75, 3.05) is 0 Å². The van der Waals surface area contributed by atoms with Crippen LogP contribution in [0.5, 0.6) is 0 Å². The molecule has 0 radical (unpaired) electrons. The van der Waals surface area contributed by atoms with Gasteiger partial charge in [-0.1, -0.05) is 6.07 Å². The number of nitrogens with one attached hydrogen (secondary N) is 1. The standard InChI is InChI=1S/C8H7F2NO2/c9-6-2-1-3-7(10)5(6)4-11-8(12)13/h1-3,11H,4H2,(H,12,13). The van der Waals surface area contributed by atoms with Crippen molar-refractivity contribution >= 4 is 6.09 Å². The van der Waals surface area contributed by atoms with Crippen LogP contribution in [0.1, 0.15) is 5.56 Å². The zero-order valence-corrected chi connectivity index (χ0v) is 6.55. The summed E-state index contributed by atoms with van der Waals surface area (Å²) >= 11 is 0. The van der Waals surface area contributed by atoms with Crippen molar-refractivity contribution < 1.29 is 18.7 Å². The zero-order chi connectivity index (χ0) is 9.84. The van der Waals surface area contributed by atoms with E-state index in [0.717, 1.165) is 12.1 Å². The van der Waals surface area contributed by atoms with Crippen LogP contribution in [0.4, 0.5) is 13.6 Å². The average molecular weight is 187 g/mol. The van der Waals surface area contributed by atoms with Crippen LogP contribution < -0.4 is 5.32 Å². The van der Waals surface area contributed by atoms with Crippen LogP contribution in [0, 0.1) is 11.6 Å². The highest BCUT2D eigenvalue weighted by Crippen LogP contribution is 2.11. The summed E-state index contributed by atoms with van der Waals surface area (Å²) < 4.78 is 25.7. The summed E-state index contributed by atoms with van der Waals surface area (Å²) in [5.41, 5.74) is -0.273. The van der Waals surface area contributed by atoms with E-state index in [1.165, 1.54) is 6.07 Å². The molecule has 3 nitrogen and oxygen atoms in total. The number of halogens is 2. The number of rotatable bonds is 2. The molecule has 0 aliphatic rings. The third kappa shape index (κ3) is 2.40. The normalized spacial score (nSPS) is 9.69. The van der Waals surface area contributed by atoms with E-state index < -0.39 is 17.7 Å². The van der Waals surface area contributed by atoms with E-state index in [4.69, 9.17) is 5.11 Å². The molecular weight excluding hydrogens is 180 g/mol. The maximum absolute atomic E-state index is 12.8. The molecule has 0 saturated heterocycles. The lowest BCUT2D eigenvalue weighted by atomic mass is 10.2. The Labute approximate surface area is 73.0 Å². The van der Waals surface area contributed by atoms with Crippen LogP contribution in [0.3, 0.4) is 0 Å². The van der Waals surface area contributed by atoms with Crippen molar-refractivity contribution in [3.8, 4) is 0 Å². The van der Waals surface area contributed by atoms with Gasteiger partial charge in [-0.3, -0.25) is 0 Å². The topological polar surface area (TPSA) is 49.3 Å².